The van der Waals surface area contributed by atoms with Crippen LogP contribution >= 0.6 is 39.1 Å². The van der Waals surface area contributed by atoms with Crippen molar-refractivity contribution in [2.24, 2.45) is 0 Å². The highest BCUT2D eigenvalue weighted by atomic mass is 79.9. The predicted octanol–water partition coefficient (Wildman–Crippen LogP) is 4.86. The molecule has 102 valence electrons. The number of nitrogens with one attached hydrogen (secondary N) is 1. The Morgan fingerprint density at radius 3 is 2.75 bits per heavy atom. The number of halogens is 3. The lowest BCUT2D eigenvalue weighted by Gasteiger charge is -2.26. The molecule has 1 aromatic carbocycles. The maximum absolute atomic E-state index is 6.08. The first-order valence-electron chi connectivity index (χ1n) is 5.93. The molecule has 0 aliphatic carbocycles. The number of nitrogens with zero attached hydrogens (tertiary/aromatic N) is 2. The lowest BCUT2D eigenvalue weighted by atomic mass is 10.1. The molecule has 3 rings (SSSR count). The molecule has 3 nitrogen and oxygen atoms in total. The average Bonchev–Trinajstić information content (AvgIpc) is 2.95. The van der Waals surface area contributed by atoms with Crippen LogP contribution in [0.5, 0.6) is 0 Å². The number of hydrogen-bond donors (Lipinski definition) is 1. The van der Waals surface area contributed by atoms with Crippen molar-refractivity contribution >= 4 is 50.4 Å². The lowest BCUT2D eigenvalue weighted by molar-refractivity contribution is 1.03. The van der Waals surface area contributed by atoms with E-state index >= 15 is 0 Å². The van der Waals surface area contributed by atoms with E-state index in [0.717, 1.165) is 28.0 Å². The molecule has 0 atom stereocenters. The lowest BCUT2D eigenvalue weighted by Crippen LogP contribution is -2.21. The first kappa shape index (κ1) is 13.7. The van der Waals surface area contributed by atoms with Gasteiger partial charge in [-0.25, -0.2) is 0 Å². The van der Waals surface area contributed by atoms with Crippen LogP contribution in [-0.2, 0) is 0 Å². The summed E-state index contributed by atoms with van der Waals surface area (Å²) in [6, 6.07) is 7.55. The molecule has 6 heteroatoms. The van der Waals surface area contributed by atoms with Gasteiger partial charge in [0, 0.05) is 29.1 Å². The average molecular weight is 371 g/mol. The van der Waals surface area contributed by atoms with Gasteiger partial charge >= 0.3 is 0 Å². The summed E-state index contributed by atoms with van der Waals surface area (Å²) in [5, 5.41) is 8.07. The molecule has 0 saturated heterocycles. The molecule has 0 radical (unpaired) electrons. The largest absolute Gasteiger partial charge is 0.342 e. The summed E-state index contributed by atoms with van der Waals surface area (Å²) < 4.78 is 0.986. The highest BCUT2D eigenvalue weighted by molar-refractivity contribution is 9.11. The van der Waals surface area contributed by atoms with Crippen molar-refractivity contribution in [1.82, 2.24) is 10.2 Å². The molecule has 2 heterocycles. The van der Waals surface area contributed by atoms with Gasteiger partial charge in [-0.15, -0.1) is 0 Å². The minimum Gasteiger partial charge on any atom is -0.342 e. The molecule has 1 aromatic heterocycles. The fourth-order valence-electron chi connectivity index (χ4n) is 2.05. The van der Waals surface area contributed by atoms with Crippen LogP contribution in [0.25, 0.3) is 5.57 Å². The molecule has 1 aliphatic rings. The minimum absolute atomic E-state index is 0.548. The number of hydrogen-bond acceptors (Lipinski definition) is 2. The van der Waals surface area contributed by atoms with Crippen LogP contribution in [0.2, 0.25) is 10.0 Å². The zero-order valence-electron chi connectivity index (χ0n) is 10.3. The molecule has 0 fully saturated rings. The topological polar surface area (TPSA) is 31.9 Å². The summed E-state index contributed by atoms with van der Waals surface area (Å²) in [6.45, 7) is 0.731. The van der Waals surface area contributed by atoms with Crippen LogP contribution in [0.1, 0.15) is 5.69 Å². The first-order valence-corrected chi connectivity index (χ1v) is 7.48. The van der Waals surface area contributed by atoms with Gasteiger partial charge in [-0.05, 0) is 51.8 Å². The molecule has 0 amide bonds. The molecule has 1 N–H and O–H groups in total. The van der Waals surface area contributed by atoms with Gasteiger partial charge < -0.3 is 4.90 Å². The summed E-state index contributed by atoms with van der Waals surface area (Å²) in [6.07, 6.45) is 5.83. The molecule has 0 saturated carbocycles. The van der Waals surface area contributed by atoms with Crippen molar-refractivity contribution in [2.75, 3.05) is 11.4 Å². The third-order valence-electron chi connectivity index (χ3n) is 3.01. The van der Waals surface area contributed by atoms with Crippen LogP contribution in [0, 0.1) is 0 Å². The van der Waals surface area contributed by atoms with Crippen LogP contribution in [0.15, 0.2) is 47.2 Å². The van der Waals surface area contributed by atoms with E-state index in [-0.39, 0.29) is 0 Å². The minimum atomic E-state index is 0.548. The van der Waals surface area contributed by atoms with E-state index in [0.29, 0.717) is 10.0 Å². The van der Waals surface area contributed by atoms with E-state index in [1.165, 1.54) is 0 Å². The van der Waals surface area contributed by atoms with Crippen molar-refractivity contribution in [1.29, 1.82) is 0 Å². The van der Waals surface area contributed by atoms with E-state index in [1.54, 1.807) is 12.3 Å². The summed E-state index contributed by atoms with van der Waals surface area (Å²) in [5.74, 6) is 0. The smallest absolute Gasteiger partial charge is 0.0628 e. The molecule has 2 aromatic rings. The van der Waals surface area contributed by atoms with Gasteiger partial charge in [0.15, 0.2) is 0 Å². The van der Waals surface area contributed by atoms with Gasteiger partial charge in [0.05, 0.1) is 15.7 Å². The number of anilines is 1. The molecule has 20 heavy (non-hydrogen) atoms. The second kappa shape index (κ2) is 5.64. The summed E-state index contributed by atoms with van der Waals surface area (Å²) >= 11 is 15.6. The van der Waals surface area contributed by atoms with Crippen LogP contribution in [-0.4, -0.2) is 16.7 Å². The Morgan fingerprint density at radius 1 is 1.20 bits per heavy atom. The van der Waals surface area contributed by atoms with E-state index in [2.05, 4.69) is 37.1 Å². The number of benzene rings is 1. The van der Waals surface area contributed by atoms with Gasteiger partial charge in [-0.2, -0.15) is 5.10 Å². The Kier molecular flexibility index (Phi) is 3.87. The predicted molar refractivity (Wildman–Crippen MR) is 87.4 cm³/mol. The zero-order valence-corrected chi connectivity index (χ0v) is 13.4. The highest BCUT2D eigenvalue weighted by Crippen LogP contribution is 2.32. The molecule has 1 aliphatic heterocycles. The van der Waals surface area contributed by atoms with Gasteiger partial charge in [-0.1, -0.05) is 23.2 Å². The van der Waals surface area contributed by atoms with E-state index in [9.17, 15) is 0 Å². The number of aromatic nitrogens is 2. The van der Waals surface area contributed by atoms with Crippen molar-refractivity contribution < 1.29 is 0 Å². The van der Waals surface area contributed by atoms with Gasteiger partial charge in [0.1, 0.15) is 0 Å². The maximum Gasteiger partial charge on any atom is 0.0628 e. The molecular weight excluding hydrogens is 361 g/mol. The third kappa shape index (κ3) is 2.77. The zero-order chi connectivity index (χ0) is 14.1. The third-order valence-corrected chi connectivity index (χ3v) is 4.19. The van der Waals surface area contributed by atoms with Gasteiger partial charge in [-0.3, -0.25) is 5.10 Å². The van der Waals surface area contributed by atoms with Gasteiger partial charge in [0.2, 0.25) is 0 Å². The van der Waals surface area contributed by atoms with E-state index < -0.39 is 0 Å². The maximum atomic E-state index is 6.08. The fraction of sp³-hybridized carbons (Fsp3) is 0.0714. The summed E-state index contributed by atoms with van der Waals surface area (Å²) in [7, 11) is 0. The standard InChI is InChI=1S/C14H10BrCl2N3/c15-10-5-9(14-3-4-18-19-14)7-20(8-10)11-1-2-12(16)13(17)6-11/h1-6,8H,7H2,(H,18,19). The Labute approximate surface area is 135 Å². The van der Waals surface area contributed by atoms with Crippen molar-refractivity contribution in [3.63, 3.8) is 0 Å². The number of allylic oxidation sites excluding steroid dienone is 2. The van der Waals surface area contributed by atoms with Crippen LogP contribution in [0.4, 0.5) is 5.69 Å². The monoisotopic (exact) mass is 369 g/mol. The fourth-order valence-corrected chi connectivity index (χ4v) is 2.87. The second-order valence-corrected chi connectivity index (χ2v) is 6.11. The Bertz CT molecular complexity index is 692. The number of aromatic amines is 1. The molecule has 0 spiro atoms. The van der Waals surface area contributed by atoms with E-state index in [1.807, 2.05) is 24.4 Å². The molecule has 0 unspecified atom stereocenters. The Morgan fingerprint density at radius 2 is 2.05 bits per heavy atom. The highest BCUT2D eigenvalue weighted by Gasteiger charge is 2.15. The Hall–Kier alpha value is -1.23. The van der Waals surface area contributed by atoms with Crippen molar-refractivity contribution in [3.8, 4) is 0 Å². The van der Waals surface area contributed by atoms with Crippen molar-refractivity contribution in [3.05, 3.63) is 63.0 Å². The molecular formula is C14H10BrCl2N3. The second-order valence-electron chi connectivity index (χ2n) is 4.38. The summed E-state index contributed by atoms with van der Waals surface area (Å²) in [4.78, 5) is 2.10. The van der Waals surface area contributed by atoms with Crippen LogP contribution in [0.3, 0.4) is 0 Å². The summed E-state index contributed by atoms with van der Waals surface area (Å²) in [5.41, 5.74) is 3.13. The Balaban J connectivity index is 1.93. The van der Waals surface area contributed by atoms with E-state index in [4.69, 9.17) is 23.2 Å². The number of rotatable bonds is 2. The first-order chi connectivity index (χ1) is 9.63. The quantitative estimate of drug-likeness (QED) is 0.818. The SMILES string of the molecule is Clc1ccc(N2C=C(Br)C=C(c3ccn[nH]3)C2)cc1Cl. The van der Waals surface area contributed by atoms with Gasteiger partial charge in [0.25, 0.3) is 0 Å². The molecule has 0 bridgehead atoms. The normalized spacial score (nSPS) is 15.1. The van der Waals surface area contributed by atoms with Crippen molar-refractivity contribution in [2.45, 2.75) is 0 Å². The number of H-pyrrole nitrogens is 1. The van der Waals surface area contributed by atoms with Crippen LogP contribution < -0.4 is 4.90 Å².